The third-order valence-corrected chi connectivity index (χ3v) is 2.47. The zero-order valence-corrected chi connectivity index (χ0v) is 13.2. The monoisotopic (exact) mass is 283 g/mol. The molecule has 0 spiro atoms. The molecule has 0 heterocycles. The van der Waals surface area contributed by atoms with E-state index in [2.05, 4.69) is 5.32 Å². The van der Waals surface area contributed by atoms with Crippen molar-refractivity contribution in [2.75, 3.05) is 6.54 Å². The molecule has 2 amide bonds. The molecule has 0 aliphatic carbocycles. The van der Waals surface area contributed by atoms with Crippen molar-refractivity contribution in [3.8, 4) is 6.07 Å². The molecule has 20 heavy (non-hydrogen) atoms. The first-order chi connectivity index (χ1) is 9.08. The third kappa shape index (κ3) is 6.98. The molecule has 0 unspecified atom stereocenters. The van der Waals surface area contributed by atoms with E-state index in [0.29, 0.717) is 6.54 Å². The van der Waals surface area contributed by atoms with Gasteiger partial charge in [-0.25, -0.2) is 4.79 Å². The topological polar surface area (TPSA) is 82.4 Å². The second kappa shape index (κ2) is 7.73. The summed E-state index contributed by atoms with van der Waals surface area (Å²) in [6.45, 7) is 11.0. The van der Waals surface area contributed by atoms with Crippen molar-refractivity contribution in [1.82, 2.24) is 10.2 Å². The number of nitriles is 1. The predicted molar refractivity (Wildman–Crippen MR) is 75.9 cm³/mol. The van der Waals surface area contributed by atoms with Gasteiger partial charge in [0.2, 0.25) is 5.91 Å². The zero-order chi connectivity index (χ0) is 15.9. The van der Waals surface area contributed by atoms with E-state index in [4.69, 9.17) is 10.00 Å². The van der Waals surface area contributed by atoms with Gasteiger partial charge in [-0.3, -0.25) is 4.79 Å². The van der Waals surface area contributed by atoms with Gasteiger partial charge >= 0.3 is 6.09 Å². The predicted octanol–water partition coefficient (Wildman–Crippen LogP) is 2.05. The maximum atomic E-state index is 12.2. The van der Waals surface area contributed by atoms with E-state index in [1.54, 1.807) is 32.6 Å². The maximum Gasteiger partial charge on any atom is 0.408 e. The number of rotatable bonds is 5. The Morgan fingerprint density at radius 3 is 2.25 bits per heavy atom. The Hall–Kier alpha value is -1.77. The van der Waals surface area contributed by atoms with Crippen molar-refractivity contribution in [2.24, 2.45) is 0 Å². The van der Waals surface area contributed by atoms with Gasteiger partial charge in [0, 0.05) is 12.6 Å². The summed E-state index contributed by atoms with van der Waals surface area (Å²) in [4.78, 5) is 25.4. The van der Waals surface area contributed by atoms with E-state index >= 15 is 0 Å². The van der Waals surface area contributed by atoms with Crippen LogP contribution in [0.2, 0.25) is 0 Å². The van der Waals surface area contributed by atoms with Crippen molar-refractivity contribution in [3.63, 3.8) is 0 Å². The normalized spacial score (nSPS) is 12.5. The second-order valence-corrected chi connectivity index (χ2v) is 5.90. The molecule has 1 N–H and O–H groups in total. The fourth-order valence-corrected chi connectivity index (χ4v) is 1.59. The Morgan fingerprint density at radius 1 is 1.30 bits per heavy atom. The number of nitrogens with one attached hydrogen (secondary N) is 1. The first-order valence-electron chi connectivity index (χ1n) is 6.75. The minimum atomic E-state index is -0.689. The largest absolute Gasteiger partial charge is 0.444 e. The van der Waals surface area contributed by atoms with Crippen molar-refractivity contribution >= 4 is 12.0 Å². The number of alkyl carbamates (subject to hydrolysis) is 1. The van der Waals surface area contributed by atoms with Crippen LogP contribution in [0.4, 0.5) is 4.79 Å². The van der Waals surface area contributed by atoms with Crippen molar-refractivity contribution < 1.29 is 14.3 Å². The molecular formula is C14H25N3O3. The van der Waals surface area contributed by atoms with Gasteiger partial charge in [0.25, 0.3) is 0 Å². The van der Waals surface area contributed by atoms with Gasteiger partial charge in [0.1, 0.15) is 11.6 Å². The third-order valence-electron chi connectivity index (χ3n) is 2.47. The lowest BCUT2D eigenvalue weighted by atomic mass is 10.2. The van der Waals surface area contributed by atoms with Crippen LogP contribution in [0.15, 0.2) is 0 Å². The molecule has 0 saturated heterocycles. The first-order valence-corrected chi connectivity index (χ1v) is 6.75. The van der Waals surface area contributed by atoms with Crippen LogP contribution in [0.1, 0.15) is 48.0 Å². The van der Waals surface area contributed by atoms with E-state index in [9.17, 15) is 9.59 Å². The summed E-state index contributed by atoms with van der Waals surface area (Å²) in [5, 5.41) is 11.1. The summed E-state index contributed by atoms with van der Waals surface area (Å²) < 4.78 is 5.11. The molecule has 0 aromatic heterocycles. The molecular weight excluding hydrogens is 258 g/mol. The van der Waals surface area contributed by atoms with E-state index < -0.39 is 17.7 Å². The van der Waals surface area contributed by atoms with Gasteiger partial charge in [-0.05, 0) is 41.5 Å². The van der Waals surface area contributed by atoms with Gasteiger partial charge in [-0.15, -0.1) is 0 Å². The molecule has 0 aromatic carbocycles. The first kappa shape index (κ1) is 18.2. The van der Waals surface area contributed by atoms with E-state index in [-0.39, 0.29) is 18.4 Å². The highest BCUT2D eigenvalue weighted by Gasteiger charge is 2.25. The second-order valence-electron chi connectivity index (χ2n) is 5.90. The van der Waals surface area contributed by atoms with Crippen LogP contribution < -0.4 is 5.32 Å². The van der Waals surface area contributed by atoms with E-state index in [1.165, 1.54) is 0 Å². The Morgan fingerprint density at radius 2 is 1.85 bits per heavy atom. The smallest absolute Gasteiger partial charge is 0.408 e. The summed E-state index contributed by atoms with van der Waals surface area (Å²) >= 11 is 0. The summed E-state index contributed by atoms with van der Waals surface area (Å²) in [6.07, 6.45) is -0.356. The lowest BCUT2D eigenvalue weighted by Gasteiger charge is -2.29. The standard InChI is InChI=1S/C14H25N3O3/c1-10(2)17(9-7-8-15)12(18)11(3)16-13(19)20-14(4,5)6/h10-11H,7,9H2,1-6H3,(H,16,19)/t11-/m1/s1. The molecule has 1 atom stereocenters. The molecule has 0 aliphatic heterocycles. The highest BCUT2D eigenvalue weighted by atomic mass is 16.6. The molecule has 0 radical (unpaired) electrons. The van der Waals surface area contributed by atoms with Crippen LogP contribution in [0.3, 0.4) is 0 Å². The molecule has 6 nitrogen and oxygen atoms in total. The molecule has 0 saturated carbocycles. The number of carbonyl (C=O) groups excluding carboxylic acids is 2. The molecule has 0 fully saturated rings. The fourth-order valence-electron chi connectivity index (χ4n) is 1.59. The van der Waals surface area contributed by atoms with Gasteiger partial charge in [-0.2, -0.15) is 5.26 Å². The Kier molecular flexibility index (Phi) is 7.05. The van der Waals surface area contributed by atoms with Crippen LogP contribution >= 0.6 is 0 Å². The van der Waals surface area contributed by atoms with E-state index in [0.717, 1.165) is 0 Å². The minimum Gasteiger partial charge on any atom is -0.444 e. The molecule has 0 bridgehead atoms. The summed E-state index contributed by atoms with van der Waals surface area (Å²) in [5.41, 5.74) is -0.606. The number of carbonyl (C=O) groups is 2. The number of hydrogen-bond acceptors (Lipinski definition) is 4. The van der Waals surface area contributed by atoms with Crippen LogP contribution in [0, 0.1) is 11.3 Å². The van der Waals surface area contributed by atoms with Crippen LogP contribution in [-0.2, 0) is 9.53 Å². The molecule has 0 aromatic rings. The fraction of sp³-hybridized carbons (Fsp3) is 0.786. The summed E-state index contributed by atoms with van der Waals surface area (Å²) in [7, 11) is 0. The van der Waals surface area contributed by atoms with Gasteiger partial charge in [-0.1, -0.05) is 0 Å². The zero-order valence-electron chi connectivity index (χ0n) is 13.2. The lowest BCUT2D eigenvalue weighted by Crippen LogP contribution is -2.50. The number of ether oxygens (including phenoxy) is 1. The van der Waals surface area contributed by atoms with Crippen molar-refractivity contribution in [2.45, 2.75) is 65.6 Å². The Labute approximate surface area is 121 Å². The molecule has 0 aliphatic rings. The Bertz CT molecular complexity index is 380. The quantitative estimate of drug-likeness (QED) is 0.837. The number of hydrogen-bond donors (Lipinski definition) is 1. The van der Waals surface area contributed by atoms with Crippen LogP contribution in [0.5, 0.6) is 0 Å². The average molecular weight is 283 g/mol. The van der Waals surface area contributed by atoms with Crippen molar-refractivity contribution in [3.05, 3.63) is 0 Å². The lowest BCUT2D eigenvalue weighted by molar-refractivity contribution is -0.134. The molecule has 6 heteroatoms. The highest BCUT2D eigenvalue weighted by Crippen LogP contribution is 2.08. The number of amides is 2. The minimum absolute atomic E-state index is 0.0289. The average Bonchev–Trinajstić information content (AvgIpc) is 2.25. The van der Waals surface area contributed by atoms with Crippen LogP contribution in [-0.4, -0.2) is 41.1 Å². The van der Waals surface area contributed by atoms with Gasteiger partial charge in [0.05, 0.1) is 12.5 Å². The summed E-state index contributed by atoms with van der Waals surface area (Å²) in [6, 6.07) is 1.29. The van der Waals surface area contributed by atoms with Gasteiger partial charge < -0.3 is 15.0 Å². The highest BCUT2D eigenvalue weighted by molar-refractivity contribution is 5.85. The molecule has 114 valence electrons. The van der Waals surface area contributed by atoms with Crippen LogP contribution in [0.25, 0.3) is 0 Å². The SMILES string of the molecule is CC(C)N(CCC#N)C(=O)[C@@H](C)NC(=O)OC(C)(C)C. The van der Waals surface area contributed by atoms with Gasteiger partial charge in [0.15, 0.2) is 0 Å². The van der Waals surface area contributed by atoms with Crippen molar-refractivity contribution in [1.29, 1.82) is 5.26 Å². The Balaban J connectivity index is 4.58. The number of nitrogens with zero attached hydrogens (tertiary/aromatic N) is 2. The summed E-state index contributed by atoms with van der Waals surface area (Å²) in [5.74, 6) is -0.221. The maximum absolute atomic E-state index is 12.2. The molecule has 0 rings (SSSR count). The van der Waals surface area contributed by atoms with E-state index in [1.807, 2.05) is 19.9 Å².